The standard InChI is InChI=1S/C33H39BN4O2S.C8H18/c1-23-20-29(41-32-36-34-31(37(32)5)25-8-11-27(12-9-25)33(2,3)4)15-10-26(23)22-35-28-13-6-24(7-14-28)21-30(39)38-16-18-40-19-17-38;1-3-5-7-8-6-4-2/h6-15,20,35H,16-19,21-22H2,1-5H3;3-8H2,1-2H3. The molecule has 0 saturated carbocycles. The Kier molecular flexibility index (Phi) is 15.0. The molecule has 0 radical (unpaired) electrons. The Morgan fingerprint density at radius 2 is 1.57 bits per heavy atom. The Morgan fingerprint density at radius 3 is 2.16 bits per heavy atom. The van der Waals surface area contributed by atoms with E-state index in [0.29, 0.717) is 32.7 Å². The minimum atomic E-state index is 0.140. The van der Waals surface area contributed by atoms with Crippen molar-refractivity contribution >= 4 is 30.4 Å². The third-order valence-corrected chi connectivity index (χ3v) is 10.2. The van der Waals surface area contributed by atoms with E-state index >= 15 is 0 Å². The summed E-state index contributed by atoms with van der Waals surface area (Å²) in [6, 6.07) is 23.6. The molecule has 1 N–H and O–H groups in total. The van der Waals surface area contributed by atoms with Crippen molar-refractivity contribution < 1.29 is 9.53 Å². The van der Waals surface area contributed by atoms with Gasteiger partial charge >= 0.3 is 191 Å². The fourth-order valence-corrected chi connectivity index (χ4v) is 6.75. The molecule has 2 heterocycles. The van der Waals surface area contributed by atoms with E-state index in [9.17, 15) is 4.79 Å². The van der Waals surface area contributed by atoms with Crippen LogP contribution in [0.3, 0.4) is 0 Å². The summed E-state index contributed by atoms with van der Waals surface area (Å²) >= 11 is 1.68. The molecule has 1 fully saturated rings. The van der Waals surface area contributed by atoms with Gasteiger partial charge in [-0.1, -0.05) is 52.4 Å². The van der Waals surface area contributed by atoms with Crippen LogP contribution in [0.4, 0.5) is 5.69 Å². The van der Waals surface area contributed by atoms with Crippen LogP contribution in [0, 0.1) is 6.92 Å². The van der Waals surface area contributed by atoms with Crippen molar-refractivity contribution in [1.82, 2.24) is 14.4 Å². The fourth-order valence-electron chi connectivity index (χ4n) is 5.82. The van der Waals surface area contributed by atoms with Crippen molar-refractivity contribution in [3.63, 3.8) is 0 Å². The number of unbranched alkanes of at least 4 members (excludes halogenated alkanes) is 5. The second-order valence-corrected chi connectivity index (χ2v) is 15.2. The third kappa shape index (κ3) is 11.9. The number of rotatable bonds is 13. The second kappa shape index (κ2) is 19.1. The minimum absolute atomic E-state index is 0.140. The van der Waals surface area contributed by atoms with Crippen LogP contribution >= 0.6 is 11.8 Å². The van der Waals surface area contributed by atoms with Gasteiger partial charge in [0.1, 0.15) is 0 Å². The van der Waals surface area contributed by atoms with Crippen LogP contribution in [0.5, 0.6) is 0 Å². The molecule has 0 unspecified atom stereocenters. The van der Waals surface area contributed by atoms with Gasteiger partial charge in [0.2, 0.25) is 5.91 Å². The average Bonchev–Trinajstić information content (AvgIpc) is 3.46. The number of carbonyl (C=O) groups excluding carboxylic acids is 1. The summed E-state index contributed by atoms with van der Waals surface area (Å²) in [6.07, 6.45) is 8.92. The number of aryl methyl sites for hydroxylation is 1. The van der Waals surface area contributed by atoms with Crippen molar-refractivity contribution in [2.24, 2.45) is 7.05 Å². The Bertz CT molecular complexity index is 1580. The normalized spacial score (nSPS) is 13.1. The summed E-state index contributed by atoms with van der Waals surface area (Å²) in [5, 5.41) is 4.49. The van der Waals surface area contributed by atoms with E-state index in [-0.39, 0.29) is 11.3 Å². The van der Waals surface area contributed by atoms with Crippen molar-refractivity contribution in [2.45, 2.75) is 108 Å². The predicted octanol–water partition coefficient (Wildman–Crippen LogP) is 9.56. The molecule has 5 rings (SSSR count). The quantitative estimate of drug-likeness (QED) is 0.143. The number of ether oxygens (including phenoxy) is 1. The number of benzene rings is 3. The molecule has 0 spiro atoms. The van der Waals surface area contributed by atoms with Gasteiger partial charge < -0.3 is 9.64 Å². The fraction of sp³-hybridized carbons (Fsp3) is 0.488. The van der Waals surface area contributed by atoms with Crippen LogP contribution in [0.2, 0.25) is 0 Å². The first-order chi connectivity index (χ1) is 23.6. The monoisotopic (exact) mass is 680 g/mol. The number of carbonyl (C=O) groups is 1. The third-order valence-electron chi connectivity index (χ3n) is 9.13. The first-order valence-corrected chi connectivity index (χ1v) is 19.0. The number of anilines is 1. The average molecular weight is 681 g/mol. The first-order valence-electron chi connectivity index (χ1n) is 18.2. The zero-order chi connectivity index (χ0) is 35.2. The maximum atomic E-state index is 12.5. The zero-order valence-electron chi connectivity index (χ0n) is 31.0. The summed E-state index contributed by atoms with van der Waals surface area (Å²) in [4.78, 5) is 20.3. The van der Waals surface area contributed by atoms with Crippen LogP contribution in [0.15, 0.2) is 76.8 Å². The molecule has 0 bridgehead atoms. The van der Waals surface area contributed by atoms with Crippen LogP contribution < -0.4 is 5.32 Å². The van der Waals surface area contributed by atoms with E-state index in [1.165, 1.54) is 65.7 Å². The van der Waals surface area contributed by atoms with Gasteiger partial charge in [-0.3, -0.25) is 4.79 Å². The molecule has 8 heteroatoms. The maximum absolute atomic E-state index is 12.5. The summed E-state index contributed by atoms with van der Waals surface area (Å²) in [5.41, 5.74) is 8.32. The van der Waals surface area contributed by atoms with Gasteiger partial charge in [-0.15, -0.1) is 0 Å². The molecule has 6 nitrogen and oxygen atoms in total. The summed E-state index contributed by atoms with van der Waals surface area (Å²) < 4.78 is 7.51. The molecular weight excluding hydrogens is 623 g/mol. The molecular formula is C41H57BN4O2S. The van der Waals surface area contributed by atoms with E-state index in [1.807, 2.05) is 24.1 Å². The molecule has 1 amide bonds. The Morgan fingerprint density at radius 1 is 0.918 bits per heavy atom. The van der Waals surface area contributed by atoms with E-state index in [0.717, 1.165) is 28.5 Å². The van der Waals surface area contributed by atoms with E-state index < -0.39 is 0 Å². The summed E-state index contributed by atoms with van der Waals surface area (Å²) in [5.74, 6) is 0.166. The van der Waals surface area contributed by atoms with Gasteiger partial charge in [0.05, 0.1) is 19.6 Å². The molecule has 49 heavy (non-hydrogen) atoms. The van der Waals surface area contributed by atoms with Gasteiger partial charge in [-0.25, -0.2) is 0 Å². The number of nitrogens with one attached hydrogen (secondary N) is 1. The number of hydrogen-bond acceptors (Lipinski definition) is 5. The van der Waals surface area contributed by atoms with Gasteiger partial charge in [0.25, 0.3) is 0 Å². The molecule has 0 atom stereocenters. The molecule has 0 aliphatic carbocycles. The van der Waals surface area contributed by atoms with E-state index in [2.05, 4.69) is 113 Å². The Labute approximate surface area is 300 Å². The van der Waals surface area contributed by atoms with Gasteiger partial charge in [-0.05, 0) is 5.56 Å². The summed E-state index contributed by atoms with van der Waals surface area (Å²) in [7, 11) is 4.04. The number of hydrogen-bond donors (Lipinski definition) is 1. The number of amides is 1. The number of nitrogens with zero attached hydrogens (tertiary/aromatic N) is 3. The Hall–Kier alpha value is -3.36. The molecule has 3 aromatic carbocycles. The van der Waals surface area contributed by atoms with Crippen LogP contribution in [-0.2, 0) is 35.0 Å². The molecule has 1 aliphatic heterocycles. The van der Waals surface area contributed by atoms with Crippen LogP contribution in [0.25, 0.3) is 11.2 Å². The van der Waals surface area contributed by atoms with Crippen LogP contribution in [0.1, 0.15) is 95.4 Å². The Balaban J connectivity index is 0.000000603. The topological polar surface area (TPSA) is 59.4 Å². The SMILES string of the molecule is CCCCCCCC.Cc1cc(Sc2nbc(-c3ccc(C(C)(C)C)cc3)n2C)ccc1CNc1ccc(CC(=O)N2CCOCC2)cc1. The van der Waals surface area contributed by atoms with Crippen molar-refractivity contribution in [3.05, 3.63) is 89.0 Å². The van der Waals surface area contributed by atoms with Crippen molar-refractivity contribution in [2.75, 3.05) is 31.6 Å². The van der Waals surface area contributed by atoms with Crippen LogP contribution in [-0.4, -0.2) is 53.6 Å². The van der Waals surface area contributed by atoms with Gasteiger partial charge in [0.15, 0.2) is 0 Å². The van der Waals surface area contributed by atoms with E-state index in [1.54, 1.807) is 11.8 Å². The molecule has 1 saturated heterocycles. The summed E-state index contributed by atoms with van der Waals surface area (Å²) in [6.45, 7) is 16.7. The second-order valence-electron chi connectivity index (χ2n) is 14.1. The van der Waals surface area contributed by atoms with Gasteiger partial charge in [-0.2, -0.15) is 0 Å². The molecule has 4 aromatic rings. The van der Waals surface area contributed by atoms with E-state index in [4.69, 9.17) is 9.63 Å². The molecule has 1 aromatic heterocycles. The number of morpholine rings is 1. The van der Waals surface area contributed by atoms with Crippen molar-refractivity contribution in [1.29, 1.82) is 0 Å². The zero-order valence-corrected chi connectivity index (χ0v) is 31.8. The predicted molar refractivity (Wildman–Crippen MR) is 208 cm³/mol. The number of aromatic nitrogens is 2. The van der Waals surface area contributed by atoms with Gasteiger partial charge in [0, 0.05) is 13.1 Å². The molecule has 1 aliphatic rings. The molecule has 262 valence electrons. The van der Waals surface area contributed by atoms with Crippen molar-refractivity contribution in [3.8, 4) is 11.2 Å². The first kappa shape index (κ1) is 38.4.